The monoisotopic (exact) mass is 596 g/mol. The molecule has 7 rings (SSSR count). The van der Waals surface area contributed by atoms with Gasteiger partial charge in [0.1, 0.15) is 5.82 Å². The average molecular weight is 597 g/mol. The van der Waals surface area contributed by atoms with Crippen LogP contribution in [-0.2, 0) is 9.53 Å². The number of hydrogen-bond donors (Lipinski definition) is 2. The van der Waals surface area contributed by atoms with Crippen molar-refractivity contribution >= 4 is 23.1 Å². The zero-order chi connectivity index (χ0) is 30.3. The molecule has 1 aliphatic carbocycles. The lowest BCUT2D eigenvalue weighted by Crippen LogP contribution is -2.58. The molecule has 228 valence electrons. The van der Waals surface area contributed by atoms with Crippen LogP contribution >= 0.6 is 0 Å². The number of piperazine rings is 1. The van der Waals surface area contributed by atoms with Crippen LogP contribution in [0.4, 0.5) is 10.1 Å². The van der Waals surface area contributed by atoms with Crippen molar-refractivity contribution in [3.63, 3.8) is 0 Å². The minimum Gasteiger partial charge on any atom is -0.380 e. The summed E-state index contributed by atoms with van der Waals surface area (Å²) in [4.78, 5) is 38.6. The summed E-state index contributed by atoms with van der Waals surface area (Å²) < 4.78 is 18.8. The smallest absolute Gasteiger partial charge is 0.253 e. The van der Waals surface area contributed by atoms with E-state index in [-0.39, 0.29) is 29.6 Å². The highest BCUT2D eigenvalue weighted by Crippen LogP contribution is 2.51. The van der Waals surface area contributed by atoms with Crippen molar-refractivity contribution in [1.29, 1.82) is 0 Å². The van der Waals surface area contributed by atoms with Crippen LogP contribution in [0.2, 0.25) is 0 Å². The highest BCUT2D eigenvalue weighted by Gasteiger charge is 2.46. The molecule has 2 aromatic heterocycles. The summed E-state index contributed by atoms with van der Waals surface area (Å²) >= 11 is 0. The molecule has 10 heteroatoms. The third-order valence-electron chi connectivity index (χ3n) is 9.49. The van der Waals surface area contributed by atoms with E-state index in [9.17, 15) is 14.0 Å². The Morgan fingerprint density at radius 3 is 2.36 bits per heavy atom. The van der Waals surface area contributed by atoms with Crippen LogP contribution in [0.3, 0.4) is 0 Å². The van der Waals surface area contributed by atoms with Gasteiger partial charge < -0.3 is 25.2 Å². The number of ether oxygens (including phenoxy) is 1. The second-order valence-corrected chi connectivity index (χ2v) is 12.6. The quantitative estimate of drug-likeness (QED) is 0.430. The van der Waals surface area contributed by atoms with Crippen LogP contribution in [-0.4, -0.2) is 79.2 Å². The fourth-order valence-corrected chi connectivity index (χ4v) is 6.66. The van der Waals surface area contributed by atoms with Gasteiger partial charge in [0.25, 0.3) is 5.91 Å². The Hall–Kier alpha value is -4.15. The SMILES string of the molecule is C[C@@H](NC(=O)c1cncc(N2CCN(C(=O)C3COC3)CC2)c1)c1ccc(C(=C2CC3(CNC3)C2)c2ccc(F)cn2)cc1. The van der Waals surface area contributed by atoms with E-state index in [1.54, 1.807) is 18.5 Å². The molecule has 0 bridgehead atoms. The van der Waals surface area contributed by atoms with Gasteiger partial charge >= 0.3 is 0 Å². The topological polar surface area (TPSA) is 99.7 Å². The third-order valence-corrected chi connectivity index (χ3v) is 9.49. The fraction of sp³-hybridized carbons (Fsp3) is 0.412. The minimum atomic E-state index is -0.346. The van der Waals surface area contributed by atoms with Gasteiger partial charge in [0.2, 0.25) is 5.91 Å². The lowest BCUT2D eigenvalue weighted by Gasteiger charge is -2.52. The van der Waals surface area contributed by atoms with E-state index in [2.05, 4.69) is 37.6 Å². The molecule has 1 saturated carbocycles. The predicted molar refractivity (Wildman–Crippen MR) is 164 cm³/mol. The normalized spacial score (nSPS) is 19.9. The van der Waals surface area contributed by atoms with Gasteiger partial charge in [-0.3, -0.25) is 19.6 Å². The molecule has 0 unspecified atom stereocenters. The molecule has 2 amide bonds. The van der Waals surface area contributed by atoms with E-state index in [1.165, 1.54) is 17.8 Å². The largest absolute Gasteiger partial charge is 0.380 e. The number of nitrogens with zero attached hydrogens (tertiary/aromatic N) is 4. The number of pyridine rings is 2. The molecule has 5 heterocycles. The number of carbonyl (C=O) groups excluding carboxylic acids is 2. The van der Waals surface area contributed by atoms with Crippen LogP contribution in [0.25, 0.3) is 5.57 Å². The molecule has 2 N–H and O–H groups in total. The Bertz CT molecular complexity index is 1570. The van der Waals surface area contributed by atoms with E-state index in [1.807, 2.05) is 30.0 Å². The molecule has 0 radical (unpaired) electrons. The van der Waals surface area contributed by atoms with Crippen LogP contribution in [0.15, 0.2) is 66.6 Å². The first-order valence-corrected chi connectivity index (χ1v) is 15.4. The summed E-state index contributed by atoms with van der Waals surface area (Å²) in [6.45, 7) is 7.78. The van der Waals surface area contributed by atoms with Crippen LogP contribution in [0.5, 0.6) is 0 Å². The van der Waals surface area contributed by atoms with Crippen molar-refractivity contribution in [3.05, 3.63) is 94.8 Å². The standard InChI is InChI=1S/C34H37FN6O3/c1-22(39-32(42)25-12-29(17-36-15-25)40-8-10-41(11-9-40)33(43)27-18-44-19-27)23-2-4-24(5-3-23)31(30-7-6-28(35)16-38-30)26-13-34(14-26)20-37-21-34/h2-7,12,15-17,22,27,37H,8-11,13-14,18-21H2,1H3,(H,39,42)/t22-/m1/s1. The molecule has 44 heavy (non-hydrogen) atoms. The highest BCUT2D eigenvalue weighted by atomic mass is 19.1. The number of benzene rings is 1. The predicted octanol–water partition coefficient (Wildman–Crippen LogP) is 3.59. The zero-order valence-corrected chi connectivity index (χ0v) is 24.9. The van der Waals surface area contributed by atoms with Crippen molar-refractivity contribution < 1.29 is 18.7 Å². The number of nitrogens with one attached hydrogen (secondary N) is 2. The number of rotatable bonds is 7. The summed E-state index contributed by atoms with van der Waals surface area (Å²) in [6.07, 6.45) is 6.68. The molecular weight excluding hydrogens is 559 g/mol. The lowest BCUT2D eigenvalue weighted by atomic mass is 9.60. The van der Waals surface area contributed by atoms with Crippen LogP contribution in [0.1, 0.15) is 53.0 Å². The molecular formula is C34H37FN6O3. The van der Waals surface area contributed by atoms with Gasteiger partial charge in [-0.1, -0.05) is 29.8 Å². The second-order valence-electron chi connectivity index (χ2n) is 12.6. The molecule has 3 aliphatic heterocycles. The molecule has 3 saturated heterocycles. The van der Waals surface area contributed by atoms with Gasteiger partial charge in [-0.25, -0.2) is 4.39 Å². The second kappa shape index (κ2) is 11.7. The van der Waals surface area contributed by atoms with Gasteiger partial charge in [0.05, 0.1) is 54.5 Å². The molecule has 1 spiro atoms. The maximum absolute atomic E-state index is 13.7. The number of carbonyl (C=O) groups is 2. The van der Waals surface area contributed by atoms with Crippen molar-refractivity contribution in [2.24, 2.45) is 11.3 Å². The van der Waals surface area contributed by atoms with E-state index in [4.69, 9.17) is 4.74 Å². The first kappa shape index (κ1) is 28.6. The Morgan fingerprint density at radius 2 is 1.75 bits per heavy atom. The van der Waals surface area contributed by atoms with Crippen molar-refractivity contribution in [2.45, 2.75) is 25.8 Å². The van der Waals surface area contributed by atoms with Crippen LogP contribution < -0.4 is 15.5 Å². The van der Waals surface area contributed by atoms with Gasteiger partial charge in [-0.2, -0.15) is 0 Å². The van der Waals surface area contributed by atoms with Gasteiger partial charge in [0.15, 0.2) is 0 Å². The summed E-state index contributed by atoms with van der Waals surface area (Å²) in [5.41, 5.74) is 6.98. The fourth-order valence-electron chi connectivity index (χ4n) is 6.66. The average Bonchev–Trinajstić information content (AvgIpc) is 2.98. The maximum Gasteiger partial charge on any atom is 0.253 e. The lowest BCUT2D eigenvalue weighted by molar-refractivity contribution is -0.150. The van der Waals surface area contributed by atoms with Crippen LogP contribution in [0, 0.1) is 17.2 Å². The Labute approximate surface area is 256 Å². The van der Waals surface area contributed by atoms with Crippen molar-refractivity contribution in [2.75, 3.05) is 57.4 Å². The summed E-state index contributed by atoms with van der Waals surface area (Å²) in [6, 6.07) is 13.1. The maximum atomic E-state index is 13.7. The molecule has 1 atom stereocenters. The summed E-state index contributed by atoms with van der Waals surface area (Å²) in [5.74, 6) is -0.366. The first-order chi connectivity index (χ1) is 21.4. The Balaban J connectivity index is 1.00. The molecule has 3 aromatic rings. The Kier molecular flexibility index (Phi) is 7.63. The number of amides is 2. The van der Waals surface area contributed by atoms with E-state index >= 15 is 0 Å². The number of allylic oxidation sites excluding steroid dienone is 1. The molecule has 9 nitrogen and oxygen atoms in total. The van der Waals surface area contributed by atoms with Gasteiger partial charge in [-0.05, 0) is 49.1 Å². The van der Waals surface area contributed by atoms with E-state index < -0.39 is 0 Å². The molecule has 1 aromatic carbocycles. The van der Waals surface area contributed by atoms with E-state index in [0.29, 0.717) is 50.4 Å². The van der Waals surface area contributed by atoms with Crippen molar-refractivity contribution in [3.8, 4) is 0 Å². The van der Waals surface area contributed by atoms with E-state index in [0.717, 1.165) is 54.0 Å². The third kappa shape index (κ3) is 5.59. The number of halogens is 1. The van der Waals surface area contributed by atoms with Crippen molar-refractivity contribution in [1.82, 2.24) is 25.5 Å². The highest BCUT2D eigenvalue weighted by molar-refractivity contribution is 5.95. The number of anilines is 1. The molecule has 4 fully saturated rings. The minimum absolute atomic E-state index is 0.000631. The van der Waals surface area contributed by atoms with Gasteiger partial charge in [-0.15, -0.1) is 0 Å². The molecule has 4 aliphatic rings. The van der Waals surface area contributed by atoms with Gasteiger partial charge in [0, 0.05) is 56.5 Å². The summed E-state index contributed by atoms with van der Waals surface area (Å²) in [7, 11) is 0. The Morgan fingerprint density at radius 1 is 1.00 bits per heavy atom. The number of hydrogen-bond acceptors (Lipinski definition) is 7. The summed E-state index contributed by atoms with van der Waals surface area (Å²) in [5, 5.41) is 6.50. The zero-order valence-electron chi connectivity index (χ0n) is 24.9. The first-order valence-electron chi connectivity index (χ1n) is 15.4. The number of aromatic nitrogens is 2.